The predicted molar refractivity (Wildman–Crippen MR) is 95.1 cm³/mol. The summed E-state index contributed by atoms with van der Waals surface area (Å²) >= 11 is 0. The highest BCUT2D eigenvalue weighted by molar-refractivity contribution is 5.90. The van der Waals surface area contributed by atoms with E-state index in [-0.39, 0.29) is 17.8 Å². The Hall–Kier alpha value is -3.63. The fraction of sp³-hybridized carbons (Fsp3) is 0.167. The van der Waals surface area contributed by atoms with Gasteiger partial charge in [-0.2, -0.15) is 13.2 Å². The molecule has 3 aromatic heterocycles. The first-order valence-corrected chi connectivity index (χ1v) is 8.24. The molecule has 7 nitrogen and oxygen atoms in total. The van der Waals surface area contributed by atoms with Gasteiger partial charge in [0.25, 0.3) is 0 Å². The molecule has 29 heavy (non-hydrogen) atoms. The summed E-state index contributed by atoms with van der Waals surface area (Å²) in [5, 5.41) is 4.51. The lowest BCUT2D eigenvalue weighted by Crippen LogP contribution is -2.30. The zero-order chi connectivity index (χ0) is 21.0. The number of halogens is 4. The molecule has 0 fully saturated rings. The molecule has 0 aromatic carbocycles. The lowest BCUT2D eigenvalue weighted by molar-refractivity contribution is -0.140. The second-order valence-electron chi connectivity index (χ2n) is 5.94. The van der Waals surface area contributed by atoms with Crippen molar-refractivity contribution in [2.24, 2.45) is 0 Å². The van der Waals surface area contributed by atoms with Crippen molar-refractivity contribution in [2.45, 2.75) is 19.6 Å². The van der Waals surface area contributed by atoms with Crippen LogP contribution >= 0.6 is 0 Å². The van der Waals surface area contributed by atoms with E-state index in [0.717, 1.165) is 18.3 Å². The largest absolute Gasteiger partial charge is 0.435 e. The molecule has 0 radical (unpaired) electrons. The average Bonchev–Trinajstić information content (AvgIpc) is 2.67. The molecule has 0 aliphatic rings. The standard InChI is InChI=1S/C18H14F4N6O/c1-10-5-25-13(8-24-10)9-26-17(29)28-15-3-2-14(27-16(15)18(20,21)22)11-4-12(19)7-23-6-11/h2-8H,9H2,1H3,(H2,26,28,29). The first-order valence-electron chi connectivity index (χ1n) is 8.24. The summed E-state index contributed by atoms with van der Waals surface area (Å²) in [6.45, 7) is 1.72. The van der Waals surface area contributed by atoms with E-state index >= 15 is 0 Å². The molecular weight excluding hydrogens is 392 g/mol. The van der Waals surface area contributed by atoms with Crippen LogP contribution in [0.4, 0.5) is 28.0 Å². The summed E-state index contributed by atoms with van der Waals surface area (Å²) in [6, 6.07) is 2.41. The first kappa shape index (κ1) is 20.1. The SMILES string of the molecule is Cc1cnc(CNC(=O)Nc2ccc(-c3cncc(F)c3)nc2C(F)(F)F)cn1. The number of alkyl halides is 3. The highest BCUT2D eigenvalue weighted by Crippen LogP contribution is 2.35. The van der Waals surface area contributed by atoms with Crippen molar-refractivity contribution >= 4 is 11.7 Å². The molecule has 11 heteroatoms. The second kappa shape index (κ2) is 8.17. The Bertz CT molecular complexity index is 1020. The van der Waals surface area contributed by atoms with Crippen molar-refractivity contribution in [3.8, 4) is 11.3 Å². The number of aryl methyl sites for hydroxylation is 1. The third kappa shape index (κ3) is 5.21. The summed E-state index contributed by atoms with van der Waals surface area (Å²) in [4.78, 5) is 27.2. The number of urea groups is 1. The van der Waals surface area contributed by atoms with Crippen LogP contribution in [0.3, 0.4) is 0 Å². The van der Waals surface area contributed by atoms with Crippen molar-refractivity contribution in [2.75, 3.05) is 5.32 Å². The van der Waals surface area contributed by atoms with E-state index in [9.17, 15) is 22.4 Å². The van der Waals surface area contributed by atoms with Crippen LogP contribution in [-0.2, 0) is 12.7 Å². The maximum atomic E-state index is 13.4. The van der Waals surface area contributed by atoms with Crippen LogP contribution in [0.15, 0.2) is 43.0 Å². The molecule has 3 rings (SSSR count). The van der Waals surface area contributed by atoms with Gasteiger partial charge in [-0.25, -0.2) is 14.2 Å². The molecular formula is C18H14F4N6O. The van der Waals surface area contributed by atoms with Crippen molar-refractivity contribution in [1.82, 2.24) is 25.3 Å². The molecule has 0 spiro atoms. The summed E-state index contributed by atoms with van der Waals surface area (Å²) in [7, 11) is 0. The quantitative estimate of drug-likeness (QED) is 0.645. The van der Waals surface area contributed by atoms with Crippen molar-refractivity contribution in [3.63, 3.8) is 0 Å². The topological polar surface area (TPSA) is 92.7 Å². The van der Waals surface area contributed by atoms with Gasteiger partial charge in [-0.1, -0.05) is 0 Å². The van der Waals surface area contributed by atoms with Gasteiger partial charge in [0, 0.05) is 18.0 Å². The Balaban J connectivity index is 1.79. The van der Waals surface area contributed by atoms with Crippen LogP contribution in [0.25, 0.3) is 11.3 Å². The van der Waals surface area contributed by atoms with Gasteiger partial charge in [-0.05, 0) is 25.1 Å². The molecule has 0 atom stereocenters. The van der Waals surface area contributed by atoms with Crippen LogP contribution in [0.5, 0.6) is 0 Å². The van der Waals surface area contributed by atoms with Gasteiger partial charge in [0.2, 0.25) is 0 Å². The van der Waals surface area contributed by atoms with Gasteiger partial charge in [0.1, 0.15) is 5.82 Å². The zero-order valence-corrected chi connectivity index (χ0v) is 15.0. The Morgan fingerprint density at radius 1 is 1.10 bits per heavy atom. The highest BCUT2D eigenvalue weighted by Gasteiger charge is 2.36. The van der Waals surface area contributed by atoms with Gasteiger partial charge in [-0.15, -0.1) is 0 Å². The number of hydrogen-bond acceptors (Lipinski definition) is 5. The molecule has 0 aliphatic heterocycles. The summed E-state index contributed by atoms with van der Waals surface area (Å²) in [6.07, 6.45) is 0.212. The van der Waals surface area contributed by atoms with Gasteiger partial charge >= 0.3 is 12.2 Å². The average molecular weight is 406 g/mol. The molecule has 0 saturated carbocycles. The Morgan fingerprint density at radius 3 is 2.55 bits per heavy atom. The number of carbonyl (C=O) groups excluding carboxylic acids is 1. The third-order valence-corrected chi connectivity index (χ3v) is 3.68. The predicted octanol–water partition coefficient (Wildman–Crippen LogP) is 3.72. The van der Waals surface area contributed by atoms with E-state index in [1.54, 1.807) is 6.92 Å². The van der Waals surface area contributed by atoms with Gasteiger partial charge in [0.15, 0.2) is 5.69 Å². The normalized spacial score (nSPS) is 11.2. The van der Waals surface area contributed by atoms with Crippen LogP contribution in [0, 0.1) is 12.7 Å². The second-order valence-corrected chi connectivity index (χ2v) is 5.94. The number of hydrogen-bond donors (Lipinski definition) is 2. The smallest absolute Gasteiger partial charge is 0.332 e. The summed E-state index contributed by atoms with van der Waals surface area (Å²) in [5.74, 6) is -0.710. The number of nitrogens with zero attached hydrogens (tertiary/aromatic N) is 4. The number of anilines is 1. The number of pyridine rings is 2. The maximum absolute atomic E-state index is 13.4. The van der Waals surface area contributed by atoms with Crippen LogP contribution in [0.2, 0.25) is 0 Å². The van der Waals surface area contributed by atoms with E-state index in [4.69, 9.17) is 0 Å². The molecule has 3 aromatic rings. The molecule has 0 bridgehead atoms. The lowest BCUT2D eigenvalue weighted by Gasteiger charge is -2.15. The molecule has 0 saturated heterocycles. The van der Waals surface area contributed by atoms with Crippen molar-refractivity contribution in [3.05, 3.63) is 65.9 Å². The van der Waals surface area contributed by atoms with Gasteiger partial charge < -0.3 is 10.6 Å². The minimum absolute atomic E-state index is 0.0268. The molecule has 0 aliphatic carbocycles. The minimum atomic E-state index is -4.85. The van der Waals surface area contributed by atoms with E-state index < -0.39 is 29.4 Å². The molecule has 150 valence electrons. The zero-order valence-electron chi connectivity index (χ0n) is 15.0. The Morgan fingerprint density at radius 2 is 1.90 bits per heavy atom. The molecule has 2 N–H and O–H groups in total. The number of rotatable bonds is 4. The number of amides is 2. The Kier molecular flexibility index (Phi) is 5.66. The maximum Gasteiger partial charge on any atom is 0.435 e. The number of nitrogens with one attached hydrogen (secondary N) is 2. The fourth-order valence-electron chi connectivity index (χ4n) is 2.34. The lowest BCUT2D eigenvalue weighted by atomic mass is 10.1. The third-order valence-electron chi connectivity index (χ3n) is 3.68. The Labute approximate surface area is 162 Å². The van der Waals surface area contributed by atoms with Crippen LogP contribution in [-0.4, -0.2) is 26.0 Å². The van der Waals surface area contributed by atoms with Crippen molar-refractivity contribution < 1.29 is 22.4 Å². The van der Waals surface area contributed by atoms with E-state index in [1.807, 2.05) is 0 Å². The van der Waals surface area contributed by atoms with Crippen LogP contribution in [0.1, 0.15) is 17.1 Å². The van der Waals surface area contributed by atoms with Gasteiger partial charge in [0.05, 0.1) is 41.7 Å². The van der Waals surface area contributed by atoms with E-state index in [0.29, 0.717) is 11.4 Å². The van der Waals surface area contributed by atoms with Gasteiger partial charge in [-0.3, -0.25) is 15.0 Å². The van der Waals surface area contributed by atoms with E-state index in [2.05, 4.69) is 30.6 Å². The van der Waals surface area contributed by atoms with Crippen molar-refractivity contribution in [1.29, 1.82) is 0 Å². The summed E-state index contributed by atoms with van der Waals surface area (Å²) in [5.41, 5.74) is -0.793. The van der Waals surface area contributed by atoms with Crippen LogP contribution < -0.4 is 10.6 Å². The molecule has 0 unspecified atom stereocenters. The summed E-state index contributed by atoms with van der Waals surface area (Å²) < 4.78 is 53.6. The van der Waals surface area contributed by atoms with E-state index in [1.165, 1.54) is 24.7 Å². The first-order chi connectivity index (χ1) is 13.7. The minimum Gasteiger partial charge on any atom is -0.332 e. The molecule has 3 heterocycles. The fourth-order valence-corrected chi connectivity index (χ4v) is 2.34. The monoisotopic (exact) mass is 406 g/mol. The number of carbonyl (C=O) groups is 1. The molecule has 2 amide bonds. The number of aromatic nitrogens is 4. The highest BCUT2D eigenvalue weighted by atomic mass is 19.4.